The SMILES string of the molecule is CC(C)C1(C)NC(c2ccccc2C(=O)O)NC1=S. The monoisotopic (exact) mass is 278 g/mol. The summed E-state index contributed by atoms with van der Waals surface area (Å²) in [4.78, 5) is 12.0. The molecule has 2 unspecified atom stereocenters. The third kappa shape index (κ3) is 2.35. The predicted molar refractivity (Wildman–Crippen MR) is 78.3 cm³/mol. The van der Waals surface area contributed by atoms with Crippen molar-refractivity contribution in [3.05, 3.63) is 35.4 Å². The fraction of sp³-hybridized carbons (Fsp3) is 0.429. The lowest BCUT2D eigenvalue weighted by Crippen LogP contribution is -2.47. The van der Waals surface area contributed by atoms with E-state index in [4.69, 9.17) is 12.2 Å². The maximum absolute atomic E-state index is 11.3. The number of carboxylic acids is 1. The van der Waals surface area contributed by atoms with Gasteiger partial charge in [0.2, 0.25) is 0 Å². The van der Waals surface area contributed by atoms with Crippen LogP contribution in [0, 0.1) is 5.92 Å². The highest BCUT2D eigenvalue weighted by molar-refractivity contribution is 7.80. The summed E-state index contributed by atoms with van der Waals surface area (Å²) in [6.45, 7) is 6.22. The van der Waals surface area contributed by atoms with Crippen LogP contribution in [0.4, 0.5) is 0 Å². The maximum atomic E-state index is 11.3. The van der Waals surface area contributed by atoms with Crippen LogP contribution >= 0.6 is 12.2 Å². The molecule has 1 aromatic rings. The van der Waals surface area contributed by atoms with Gasteiger partial charge in [-0.05, 0) is 18.9 Å². The molecule has 0 saturated carbocycles. The van der Waals surface area contributed by atoms with E-state index in [1.165, 1.54) is 0 Å². The Bertz CT molecular complexity index is 530. The van der Waals surface area contributed by atoms with Crippen LogP contribution in [0.1, 0.15) is 42.9 Å². The molecular formula is C14H18N2O2S. The van der Waals surface area contributed by atoms with Gasteiger partial charge in [0.05, 0.1) is 16.1 Å². The molecule has 2 rings (SSSR count). The zero-order valence-electron chi connectivity index (χ0n) is 11.2. The Morgan fingerprint density at radius 2 is 2.05 bits per heavy atom. The van der Waals surface area contributed by atoms with E-state index < -0.39 is 5.97 Å². The number of hydrogen-bond donors (Lipinski definition) is 3. The second-order valence-corrected chi connectivity index (χ2v) is 5.71. The van der Waals surface area contributed by atoms with Crippen molar-refractivity contribution in [2.45, 2.75) is 32.5 Å². The first-order valence-electron chi connectivity index (χ1n) is 6.27. The van der Waals surface area contributed by atoms with Crippen molar-refractivity contribution in [3.8, 4) is 0 Å². The van der Waals surface area contributed by atoms with Gasteiger partial charge in [0, 0.05) is 5.56 Å². The molecule has 0 aliphatic carbocycles. The van der Waals surface area contributed by atoms with E-state index >= 15 is 0 Å². The largest absolute Gasteiger partial charge is 0.478 e. The quantitative estimate of drug-likeness (QED) is 0.741. The van der Waals surface area contributed by atoms with Crippen LogP contribution in [0.3, 0.4) is 0 Å². The minimum atomic E-state index is -0.928. The Labute approximate surface area is 118 Å². The van der Waals surface area contributed by atoms with Gasteiger partial charge in [-0.15, -0.1) is 0 Å². The van der Waals surface area contributed by atoms with Crippen molar-refractivity contribution in [1.82, 2.24) is 10.6 Å². The van der Waals surface area contributed by atoms with E-state index in [0.717, 1.165) is 4.99 Å². The van der Waals surface area contributed by atoms with Gasteiger partial charge in [-0.2, -0.15) is 0 Å². The van der Waals surface area contributed by atoms with Crippen LogP contribution in [0.15, 0.2) is 24.3 Å². The predicted octanol–water partition coefficient (Wildman–Crippen LogP) is 2.32. The molecule has 4 nitrogen and oxygen atoms in total. The second kappa shape index (κ2) is 4.90. The van der Waals surface area contributed by atoms with Gasteiger partial charge in [0.1, 0.15) is 6.17 Å². The first kappa shape index (κ1) is 14.0. The summed E-state index contributed by atoms with van der Waals surface area (Å²) in [6, 6.07) is 6.97. The third-order valence-corrected chi connectivity index (χ3v) is 4.39. The van der Waals surface area contributed by atoms with Crippen LogP contribution < -0.4 is 10.6 Å². The van der Waals surface area contributed by atoms with E-state index in [1.807, 2.05) is 19.1 Å². The number of aromatic carboxylic acids is 1. The van der Waals surface area contributed by atoms with Gasteiger partial charge in [-0.3, -0.25) is 5.32 Å². The first-order valence-corrected chi connectivity index (χ1v) is 6.68. The number of benzene rings is 1. The van der Waals surface area contributed by atoms with Crippen molar-refractivity contribution >= 4 is 23.2 Å². The lowest BCUT2D eigenvalue weighted by molar-refractivity contribution is 0.0694. The Morgan fingerprint density at radius 3 is 2.58 bits per heavy atom. The molecule has 0 bridgehead atoms. The third-order valence-electron chi connectivity index (χ3n) is 3.85. The van der Waals surface area contributed by atoms with Crippen LogP contribution in [-0.2, 0) is 0 Å². The molecule has 1 saturated heterocycles. The first-order chi connectivity index (χ1) is 8.86. The van der Waals surface area contributed by atoms with E-state index in [1.54, 1.807) is 12.1 Å². The summed E-state index contributed by atoms with van der Waals surface area (Å²) in [6.07, 6.45) is -0.257. The summed E-state index contributed by atoms with van der Waals surface area (Å²) in [5.74, 6) is -0.613. The summed E-state index contributed by atoms with van der Waals surface area (Å²) >= 11 is 5.40. The Morgan fingerprint density at radius 1 is 1.42 bits per heavy atom. The molecule has 0 amide bonds. The number of carboxylic acid groups (broad SMARTS) is 1. The van der Waals surface area contributed by atoms with Gasteiger partial charge >= 0.3 is 5.97 Å². The molecule has 1 fully saturated rings. The molecule has 0 radical (unpaired) electrons. The summed E-state index contributed by atoms with van der Waals surface area (Å²) in [5, 5.41) is 15.8. The Hall–Kier alpha value is -1.46. The van der Waals surface area contributed by atoms with Crippen molar-refractivity contribution in [2.75, 3.05) is 0 Å². The van der Waals surface area contributed by atoms with Crippen molar-refractivity contribution in [1.29, 1.82) is 0 Å². The van der Waals surface area contributed by atoms with Gasteiger partial charge in [-0.25, -0.2) is 4.79 Å². The van der Waals surface area contributed by atoms with Gasteiger partial charge < -0.3 is 10.4 Å². The average Bonchev–Trinajstić information content (AvgIpc) is 2.67. The van der Waals surface area contributed by atoms with E-state index in [-0.39, 0.29) is 11.7 Å². The van der Waals surface area contributed by atoms with Crippen LogP contribution in [0.25, 0.3) is 0 Å². The van der Waals surface area contributed by atoms with E-state index in [0.29, 0.717) is 17.0 Å². The maximum Gasteiger partial charge on any atom is 0.336 e. The smallest absolute Gasteiger partial charge is 0.336 e. The van der Waals surface area contributed by atoms with Gasteiger partial charge in [-0.1, -0.05) is 44.3 Å². The molecule has 3 N–H and O–H groups in total. The standard InChI is InChI=1S/C14H18N2O2S/c1-8(2)14(3)13(19)15-11(16-14)9-6-4-5-7-10(9)12(17)18/h4-8,11,16H,1-3H3,(H,15,19)(H,17,18). The fourth-order valence-corrected chi connectivity index (χ4v) is 2.62. The molecule has 2 atom stereocenters. The summed E-state index contributed by atoms with van der Waals surface area (Å²) in [7, 11) is 0. The molecule has 102 valence electrons. The normalized spacial score (nSPS) is 26.5. The summed E-state index contributed by atoms with van der Waals surface area (Å²) < 4.78 is 0. The molecule has 1 aliphatic rings. The zero-order valence-corrected chi connectivity index (χ0v) is 12.0. The Balaban J connectivity index is 2.36. The highest BCUT2D eigenvalue weighted by Gasteiger charge is 2.42. The Kier molecular flexibility index (Phi) is 3.60. The highest BCUT2D eigenvalue weighted by Crippen LogP contribution is 2.30. The molecule has 1 aliphatic heterocycles. The molecular weight excluding hydrogens is 260 g/mol. The lowest BCUT2D eigenvalue weighted by Gasteiger charge is -2.28. The molecule has 0 aromatic heterocycles. The lowest BCUT2D eigenvalue weighted by atomic mass is 9.89. The van der Waals surface area contributed by atoms with E-state index in [9.17, 15) is 9.90 Å². The van der Waals surface area contributed by atoms with Crippen LogP contribution in [-0.4, -0.2) is 21.6 Å². The van der Waals surface area contributed by atoms with Gasteiger partial charge in [0.25, 0.3) is 0 Å². The fourth-order valence-electron chi connectivity index (χ4n) is 2.21. The average molecular weight is 278 g/mol. The van der Waals surface area contributed by atoms with Crippen molar-refractivity contribution in [2.24, 2.45) is 5.92 Å². The number of hydrogen-bond acceptors (Lipinski definition) is 3. The van der Waals surface area contributed by atoms with E-state index in [2.05, 4.69) is 24.5 Å². The van der Waals surface area contributed by atoms with Crippen LogP contribution in [0.5, 0.6) is 0 Å². The van der Waals surface area contributed by atoms with Crippen LogP contribution in [0.2, 0.25) is 0 Å². The number of carbonyl (C=O) groups is 1. The molecule has 0 spiro atoms. The number of nitrogens with one attached hydrogen (secondary N) is 2. The molecule has 19 heavy (non-hydrogen) atoms. The molecule has 1 aromatic carbocycles. The minimum absolute atomic E-state index is 0.257. The van der Waals surface area contributed by atoms with Gasteiger partial charge in [0.15, 0.2) is 0 Å². The molecule has 5 heteroatoms. The number of thiocarbonyl (C=S) groups is 1. The van der Waals surface area contributed by atoms with Crippen molar-refractivity contribution in [3.63, 3.8) is 0 Å². The minimum Gasteiger partial charge on any atom is -0.478 e. The highest BCUT2D eigenvalue weighted by atomic mass is 32.1. The molecule has 1 heterocycles. The van der Waals surface area contributed by atoms with Crippen molar-refractivity contribution < 1.29 is 9.90 Å². The number of rotatable bonds is 3. The topological polar surface area (TPSA) is 61.4 Å². The summed E-state index contributed by atoms with van der Waals surface area (Å²) in [5.41, 5.74) is 0.691. The second-order valence-electron chi connectivity index (χ2n) is 5.30. The zero-order chi connectivity index (χ0) is 14.2.